The van der Waals surface area contributed by atoms with Crippen molar-refractivity contribution in [3.8, 4) is 11.5 Å². The molecule has 0 bridgehead atoms. The van der Waals surface area contributed by atoms with Gasteiger partial charge in [-0.05, 0) is 49.2 Å². The van der Waals surface area contributed by atoms with Crippen molar-refractivity contribution >= 4 is 34.0 Å². The molecular formula is C23H28BrN3O4. The molecule has 8 heteroatoms. The van der Waals surface area contributed by atoms with Crippen LogP contribution in [0.25, 0.3) is 0 Å². The van der Waals surface area contributed by atoms with Gasteiger partial charge < -0.3 is 14.8 Å². The molecule has 0 aliphatic rings. The number of unbranched alkanes of at least 4 members (excludes halogenated alkanes) is 1. The zero-order valence-electron chi connectivity index (χ0n) is 18.0. The predicted octanol–water partition coefficient (Wildman–Crippen LogP) is 3.83. The van der Waals surface area contributed by atoms with E-state index in [2.05, 4.69) is 38.7 Å². The normalized spacial score (nSPS) is 11.7. The molecule has 1 atom stereocenters. The molecule has 7 nitrogen and oxygen atoms in total. The predicted molar refractivity (Wildman–Crippen MR) is 125 cm³/mol. The number of hydrazone groups is 1. The van der Waals surface area contributed by atoms with E-state index in [4.69, 9.17) is 9.47 Å². The molecule has 2 amide bonds. The number of ether oxygens (including phenoxy) is 2. The number of carbonyl (C=O) groups is 2. The van der Waals surface area contributed by atoms with Gasteiger partial charge in [-0.2, -0.15) is 5.10 Å². The van der Waals surface area contributed by atoms with Crippen molar-refractivity contribution < 1.29 is 19.1 Å². The summed E-state index contributed by atoms with van der Waals surface area (Å²) < 4.78 is 11.7. The molecule has 0 saturated heterocycles. The number of halogens is 1. The van der Waals surface area contributed by atoms with Crippen LogP contribution in [0, 0.1) is 0 Å². The molecule has 2 rings (SSSR count). The molecule has 0 heterocycles. The second-order valence-electron chi connectivity index (χ2n) is 6.93. The van der Waals surface area contributed by atoms with E-state index < -0.39 is 11.9 Å². The smallest absolute Gasteiger partial charge is 0.262 e. The fraction of sp³-hybridized carbons (Fsp3) is 0.348. The van der Waals surface area contributed by atoms with Crippen molar-refractivity contribution in [1.82, 2.24) is 10.7 Å². The fourth-order valence-corrected chi connectivity index (χ4v) is 3.01. The van der Waals surface area contributed by atoms with Crippen LogP contribution in [0.5, 0.6) is 11.5 Å². The third-order valence-corrected chi connectivity index (χ3v) is 4.89. The Labute approximate surface area is 191 Å². The SMILES string of the molecule is CCCCOc1ccc(Br)cc1C=NNC(=O)C(C)NC(=O)Cc1ccc(OC)cc1. The van der Waals surface area contributed by atoms with Crippen molar-refractivity contribution in [3.05, 3.63) is 58.1 Å². The molecule has 0 spiro atoms. The summed E-state index contributed by atoms with van der Waals surface area (Å²) in [6, 6.07) is 12.1. The third kappa shape index (κ3) is 8.41. The number of methoxy groups -OCH3 is 1. The third-order valence-electron chi connectivity index (χ3n) is 4.40. The van der Waals surface area contributed by atoms with Crippen LogP contribution in [-0.4, -0.2) is 37.8 Å². The van der Waals surface area contributed by atoms with Crippen LogP contribution in [0.2, 0.25) is 0 Å². The number of rotatable bonds is 11. The molecule has 0 aromatic heterocycles. The molecule has 31 heavy (non-hydrogen) atoms. The molecule has 2 aromatic rings. The lowest BCUT2D eigenvalue weighted by Crippen LogP contribution is -2.43. The lowest BCUT2D eigenvalue weighted by atomic mass is 10.1. The van der Waals surface area contributed by atoms with Crippen molar-refractivity contribution in [2.45, 2.75) is 39.2 Å². The van der Waals surface area contributed by atoms with Gasteiger partial charge in [0.2, 0.25) is 5.91 Å². The average Bonchev–Trinajstić information content (AvgIpc) is 2.75. The van der Waals surface area contributed by atoms with Gasteiger partial charge in [0.25, 0.3) is 5.91 Å². The van der Waals surface area contributed by atoms with Crippen molar-refractivity contribution in [2.75, 3.05) is 13.7 Å². The van der Waals surface area contributed by atoms with Gasteiger partial charge in [-0.15, -0.1) is 0 Å². The highest BCUT2D eigenvalue weighted by Crippen LogP contribution is 2.22. The number of nitrogens with one attached hydrogen (secondary N) is 2. The Bertz CT molecular complexity index is 900. The number of hydrogen-bond acceptors (Lipinski definition) is 5. The summed E-state index contributed by atoms with van der Waals surface area (Å²) in [6.45, 7) is 4.32. The van der Waals surface area contributed by atoms with Gasteiger partial charge in [-0.1, -0.05) is 41.4 Å². The van der Waals surface area contributed by atoms with E-state index >= 15 is 0 Å². The topological polar surface area (TPSA) is 89.0 Å². The van der Waals surface area contributed by atoms with Gasteiger partial charge in [0.1, 0.15) is 17.5 Å². The number of nitrogens with zero attached hydrogens (tertiary/aromatic N) is 1. The summed E-state index contributed by atoms with van der Waals surface area (Å²) in [5.74, 6) is 0.743. The van der Waals surface area contributed by atoms with Crippen LogP contribution in [-0.2, 0) is 16.0 Å². The van der Waals surface area contributed by atoms with E-state index in [1.165, 1.54) is 6.21 Å². The molecule has 0 radical (unpaired) electrons. The van der Waals surface area contributed by atoms with Crippen LogP contribution in [0.3, 0.4) is 0 Å². The van der Waals surface area contributed by atoms with Crippen LogP contribution < -0.4 is 20.2 Å². The molecule has 0 aliphatic carbocycles. The first-order chi connectivity index (χ1) is 14.9. The minimum atomic E-state index is -0.731. The summed E-state index contributed by atoms with van der Waals surface area (Å²) in [7, 11) is 1.58. The zero-order chi connectivity index (χ0) is 22.6. The van der Waals surface area contributed by atoms with Crippen LogP contribution in [0.1, 0.15) is 37.8 Å². The maximum absolute atomic E-state index is 12.3. The first-order valence-electron chi connectivity index (χ1n) is 10.1. The summed E-state index contributed by atoms with van der Waals surface area (Å²) >= 11 is 3.43. The molecule has 2 N–H and O–H groups in total. The van der Waals surface area contributed by atoms with Crippen LogP contribution in [0.15, 0.2) is 52.0 Å². The monoisotopic (exact) mass is 489 g/mol. The van der Waals surface area contributed by atoms with Crippen molar-refractivity contribution in [3.63, 3.8) is 0 Å². The summed E-state index contributed by atoms with van der Waals surface area (Å²) in [4.78, 5) is 24.5. The lowest BCUT2D eigenvalue weighted by Gasteiger charge is -2.12. The van der Waals surface area contributed by atoms with E-state index in [1.807, 2.05) is 30.3 Å². The highest BCUT2D eigenvalue weighted by atomic mass is 79.9. The van der Waals surface area contributed by atoms with Gasteiger partial charge in [-0.25, -0.2) is 5.43 Å². The zero-order valence-corrected chi connectivity index (χ0v) is 19.6. The van der Waals surface area contributed by atoms with E-state index in [0.717, 1.165) is 34.2 Å². The minimum Gasteiger partial charge on any atom is -0.497 e. The van der Waals surface area contributed by atoms with Gasteiger partial charge in [0.05, 0.1) is 26.4 Å². The van der Waals surface area contributed by atoms with E-state index in [9.17, 15) is 9.59 Å². The second kappa shape index (κ2) is 12.7. The van der Waals surface area contributed by atoms with Crippen LogP contribution in [0.4, 0.5) is 0 Å². The summed E-state index contributed by atoms with van der Waals surface area (Å²) in [5, 5.41) is 6.68. The van der Waals surface area contributed by atoms with Crippen molar-refractivity contribution in [2.24, 2.45) is 5.10 Å². The number of benzene rings is 2. The largest absolute Gasteiger partial charge is 0.497 e. The average molecular weight is 490 g/mol. The van der Waals surface area contributed by atoms with Crippen LogP contribution >= 0.6 is 15.9 Å². The standard InChI is InChI=1S/C23H28BrN3O4/c1-4-5-12-31-21-11-8-19(24)14-18(21)15-25-27-23(29)16(2)26-22(28)13-17-6-9-20(30-3)10-7-17/h6-11,14-16H,4-5,12-13H2,1-3H3,(H,26,28)(H,27,29). The first-order valence-corrected chi connectivity index (χ1v) is 10.9. The molecule has 166 valence electrons. The number of hydrogen-bond donors (Lipinski definition) is 2. The lowest BCUT2D eigenvalue weighted by molar-refractivity contribution is -0.128. The Morgan fingerprint density at radius 2 is 1.94 bits per heavy atom. The Hall–Kier alpha value is -2.87. The second-order valence-corrected chi connectivity index (χ2v) is 7.85. The summed E-state index contributed by atoms with van der Waals surface area (Å²) in [5.41, 5.74) is 4.02. The molecule has 1 unspecified atom stereocenters. The van der Waals surface area contributed by atoms with Gasteiger partial charge in [-0.3, -0.25) is 9.59 Å². The molecule has 0 aliphatic heterocycles. The van der Waals surface area contributed by atoms with E-state index in [0.29, 0.717) is 12.4 Å². The van der Waals surface area contributed by atoms with E-state index in [1.54, 1.807) is 26.2 Å². The Morgan fingerprint density at radius 1 is 1.19 bits per heavy atom. The fourth-order valence-electron chi connectivity index (χ4n) is 2.63. The highest BCUT2D eigenvalue weighted by Gasteiger charge is 2.15. The van der Waals surface area contributed by atoms with Gasteiger partial charge >= 0.3 is 0 Å². The number of amides is 2. The Kier molecular flexibility index (Phi) is 10.0. The van der Waals surface area contributed by atoms with E-state index in [-0.39, 0.29) is 12.3 Å². The quantitative estimate of drug-likeness (QED) is 0.285. The molecule has 0 saturated carbocycles. The Balaban J connectivity index is 1.87. The maximum Gasteiger partial charge on any atom is 0.262 e. The summed E-state index contributed by atoms with van der Waals surface area (Å²) in [6.07, 6.45) is 3.69. The first kappa shape index (κ1) is 24.4. The van der Waals surface area contributed by atoms with Crippen molar-refractivity contribution in [1.29, 1.82) is 0 Å². The molecular weight excluding hydrogens is 462 g/mol. The highest BCUT2D eigenvalue weighted by molar-refractivity contribution is 9.10. The Morgan fingerprint density at radius 3 is 2.61 bits per heavy atom. The molecule has 0 fully saturated rings. The maximum atomic E-state index is 12.3. The van der Waals surface area contributed by atoms with Gasteiger partial charge in [0, 0.05) is 10.0 Å². The number of carbonyl (C=O) groups excluding carboxylic acids is 2. The van der Waals surface area contributed by atoms with Gasteiger partial charge in [0.15, 0.2) is 0 Å². The molecule has 2 aromatic carbocycles. The minimum absolute atomic E-state index is 0.168.